The third kappa shape index (κ3) is 4.62. The minimum Gasteiger partial charge on any atom is -0.481 e. The zero-order chi connectivity index (χ0) is 16.0. The van der Waals surface area contributed by atoms with Crippen molar-refractivity contribution in [1.82, 2.24) is 4.98 Å². The lowest BCUT2D eigenvalue weighted by Crippen LogP contribution is -2.37. The van der Waals surface area contributed by atoms with Crippen molar-refractivity contribution < 1.29 is 9.90 Å². The summed E-state index contributed by atoms with van der Waals surface area (Å²) in [4.78, 5) is 19.8. The van der Waals surface area contributed by atoms with Crippen LogP contribution in [0.2, 0.25) is 0 Å². The summed E-state index contributed by atoms with van der Waals surface area (Å²) in [5.41, 5.74) is 0.967. The van der Waals surface area contributed by atoms with Gasteiger partial charge in [0.2, 0.25) is 0 Å². The van der Waals surface area contributed by atoms with Gasteiger partial charge in [-0.25, -0.2) is 4.98 Å². The molecule has 0 fully saturated rings. The smallest absolute Gasteiger partial charge is 0.308 e. The lowest BCUT2D eigenvalue weighted by atomic mass is 10.1. The van der Waals surface area contributed by atoms with E-state index in [2.05, 4.69) is 42.5 Å². The number of carboxylic acid groups (broad SMARTS) is 1. The first-order valence-corrected chi connectivity index (χ1v) is 7.61. The molecule has 0 spiro atoms. The summed E-state index contributed by atoms with van der Waals surface area (Å²) in [5, 5.41) is 9.09. The van der Waals surface area contributed by atoms with E-state index >= 15 is 0 Å². The third-order valence-electron chi connectivity index (χ3n) is 3.67. The van der Waals surface area contributed by atoms with E-state index in [1.807, 2.05) is 18.3 Å². The Morgan fingerprint density at radius 1 is 1.24 bits per heavy atom. The molecule has 0 saturated carbocycles. The van der Waals surface area contributed by atoms with Crippen LogP contribution in [0.4, 0.5) is 11.5 Å². The van der Waals surface area contributed by atoms with Crippen molar-refractivity contribution in [1.29, 1.82) is 0 Å². The molecule has 1 unspecified atom stereocenters. The van der Waals surface area contributed by atoms with E-state index in [0.29, 0.717) is 6.54 Å². The lowest BCUT2D eigenvalue weighted by molar-refractivity contribution is -0.140. The zero-order valence-corrected chi connectivity index (χ0v) is 13.7. The summed E-state index contributed by atoms with van der Waals surface area (Å²) in [6.07, 6.45) is 1.84. The molecule has 1 aromatic rings. The number of aliphatic carboxylic acids is 1. The molecule has 0 bridgehead atoms. The van der Waals surface area contributed by atoms with Crippen LogP contribution in [0.3, 0.4) is 0 Å². The van der Waals surface area contributed by atoms with Crippen molar-refractivity contribution in [3.8, 4) is 0 Å². The number of pyridine rings is 1. The maximum absolute atomic E-state index is 11.1. The van der Waals surface area contributed by atoms with Gasteiger partial charge in [-0.05, 0) is 39.8 Å². The van der Waals surface area contributed by atoms with Crippen molar-refractivity contribution in [3.63, 3.8) is 0 Å². The predicted molar refractivity (Wildman–Crippen MR) is 87.1 cm³/mol. The Labute approximate surface area is 127 Å². The number of carboxylic acids is 1. The van der Waals surface area contributed by atoms with E-state index in [9.17, 15) is 4.79 Å². The molecule has 0 aliphatic rings. The standard InChI is InChI=1S/C16H27N3O2/c1-6-18(7-2)15-9-8-14(10-17-15)19(12(3)4)11-13(5)16(20)21/h8-10,12-13H,6-7,11H2,1-5H3,(H,20,21). The first-order chi connectivity index (χ1) is 9.90. The zero-order valence-electron chi connectivity index (χ0n) is 13.7. The molecule has 5 nitrogen and oxygen atoms in total. The number of hydrogen-bond acceptors (Lipinski definition) is 4. The Balaban J connectivity index is 2.92. The number of nitrogens with zero attached hydrogens (tertiary/aromatic N) is 3. The Morgan fingerprint density at radius 2 is 1.86 bits per heavy atom. The fourth-order valence-electron chi connectivity index (χ4n) is 2.27. The fourth-order valence-corrected chi connectivity index (χ4v) is 2.27. The molecule has 118 valence electrons. The summed E-state index contributed by atoms with van der Waals surface area (Å²) < 4.78 is 0. The molecule has 0 aliphatic carbocycles. The van der Waals surface area contributed by atoms with Crippen molar-refractivity contribution in [2.24, 2.45) is 5.92 Å². The van der Waals surface area contributed by atoms with E-state index in [4.69, 9.17) is 5.11 Å². The summed E-state index contributed by atoms with van der Waals surface area (Å²) in [6, 6.07) is 4.26. The number of anilines is 2. The minimum absolute atomic E-state index is 0.230. The minimum atomic E-state index is -0.770. The van der Waals surface area contributed by atoms with Gasteiger partial charge in [-0.15, -0.1) is 0 Å². The average Bonchev–Trinajstić information content (AvgIpc) is 2.46. The normalized spacial score (nSPS) is 12.3. The van der Waals surface area contributed by atoms with E-state index in [1.54, 1.807) is 6.92 Å². The van der Waals surface area contributed by atoms with E-state index in [1.165, 1.54) is 0 Å². The van der Waals surface area contributed by atoms with Crippen LogP contribution in [0.1, 0.15) is 34.6 Å². The van der Waals surface area contributed by atoms with Crippen LogP contribution in [0.15, 0.2) is 18.3 Å². The van der Waals surface area contributed by atoms with Crippen LogP contribution >= 0.6 is 0 Å². The SMILES string of the molecule is CCN(CC)c1ccc(N(CC(C)C(=O)O)C(C)C)cn1. The second-order valence-electron chi connectivity index (χ2n) is 5.53. The van der Waals surface area contributed by atoms with Crippen molar-refractivity contribution in [2.75, 3.05) is 29.4 Å². The maximum Gasteiger partial charge on any atom is 0.308 e. The predicted octanol–water partition coefficient (Wildman–Crippen LogP) is 2.86. The van der Waals surface area contributed by atoms with E-state index < -0.39 is 11.9 Å². The van der Waals surface area contributed by atoms with Gasteiger partial charge in [-0.2, -0.15) is 0 Å². The fraction of sp³-hybridized carbons (Fsp3) is 0.625. The average molecular weight is 293 g/mol. The Hall–Kier alpha value is -1.78. The molecule has 0 aromatic carbocycles. The Bertz CT molecular complexity index is 441. The number of rotatable bonds is 8. The first-order valence-electron chi connectivity index (χ1n) is 7.61. The molecule has 0 saturated heterocycles. The second-order valence-corrected chi connectivity index (χ2v) is 5.53. The van der Waals surface area contributed by atoms with Gasteiger partial charge in [0.15, 0.2) is 0 Å². The van der Waals surface area contributed by atoms with Gasteiger partial charge in [-0.1, -0.05) is 6.92 Å². The lowest BCUT2D eigenvalue weighted by Gasteiger charge is -2.30. The molecule has 1 aromatic heterocycles. The molecule has 1 rings (SSSR count). The number of hydrogen-bond donors (Lipinski definition) is 1. The first kappa shape index (κ1) is 17.3. The molecule has 0 amide bonds. The summed E-state index contributed by atoms with van der Waals surface area (Å²) in [7, 11) is 0. The molecule has 21 heavy (non-hydrogen) atoms. The highest BCUT2D eigenvalue weighted by Gasteiger charge is 2.19. The van der Waals surface area contributed by atoms with Gasteiger partial charge in [0, 0.05) is 25.7 Å². The summed E-state index contributed by atoms with van der Waals surface area (Å²) >= 11 is 0. The van der Waals surface area contributed by atoms with Gasteiger partial charge in [-0.3, -0.25) is 4.79 Å². The van der Waals surface area contributed by atoms with Crippen molar-refractivity contribution >= 4 is 17.5 Å². The summed E-state index contributed by atoms with van der Waals surface area (Å²) in [5.74, 6) is -0.220. The molecular formula is C16H27N3O2. The van der Waals surface area contributed by atoms with Crippen LogP contribution in [0, 0.1) is 5.92 Å². The van der Waals surface area contributed by atoms with Crippen LogP contribution in [-0.2, 0) is 4.79 Å². The van der Waals surface area contributed by atoms with E-state index in [-0.39, 0.29) is 6.04 Å². The highest BCUT2D eigenvalue weighted by atomic mass is 16.4. The van der Waals surface area contributed by atoms with Gasteiger partial charge < -0.3 is 14.9 Å². The highest BCUT2D eigenvalue weighted by molar-refractivity contribution is 5.70. The van der Waals surface area contributed by atoms with E-state index in [0.717, 1.165) is 24.6 Å². The Morgan fingerprint density at radius 3 is 2.24 bits per heavy atom. The molecule has 0 aliphatic heterocycles. The largest absolute Gasteiger partial charge is 0.481 e. The van der Waals surface area contributed by atoms with Gasteiger partial charge in [0.25, 0.3) is 0 Å². The second kappa shape index (κ2) is 7.86. The Kier molecular flexibility index (Phi) is 6.46. The molecule has 1 heterocycles. The molecule has 1 atom stereocenters. The van der Waals surface area contributed by atoms with Crippen LogP contribution in [0.5, 0.6) is 0 Å². The van der Waals surface area contributed by atoms with Crippen LogP contribution in [0.25, 0.3) is 0 Å². The summed E-state index contributed by atoms with van der Waals surface area (Å²) in [6.45, 7) is 12.4. The number of aromatic nitrogens is 1. The van der Waals surface area contributed by atoms with Crippen LogP contribution < -0.4 is 9.80 Å². The topological polar surface area (TPSA) is 56.7 Å². The number of carbonyl (C=O) groups is 1. The molecule has 1 N–H and O–H groups in total. The molecule has 5 heteroatoms. The van der Waals surface area contributed by atoms with Gasteiger partial charge in [0.05, 0.1) is 17.8 Å². The third-order valence-corrected chi connectivity index (χ3v) is 3.67. The highest BCUT2D eigenvalue weighted by Crippen LogP contribution is 2.21. The van der Waals surface area contributed by atoms with Crippen LogP contribution in [-0.4, -0.2) is 41.7 Å². The van der Waals surface area contributed by atoms with Crippen molar-refractivity contribution in [2.45, 2.75) is 40.7 Å². The van der Waals surface area contributed by atoms with Gasteiger partial charge >= 0.3 is 5.97 Å². The molecular weight excluding hydrogens is 266 g/mol. The van der Waals surface area contributed by atoms with Crippen molar-refractivity contribution in [3.05, 3.63) is 18.3 Å². The van der Waals surface area contributed by atoms with Gasteiger partial charge in [0.1, 0.15) is 5.82 Å². The quantitative estimate of drug-likeness (QED) is 0.798. The molecule has 0 radical (unpaired) electrons. The monoisotopic (exact) mass is 293 g/mol. The maximum atomic E-state index is 11.1.